The third kappa shape index (κ3) is 4.73. The molecular weight excluding hydrogens is 346 g/mol. The van der Waals surface area contributed by atoms with E-state index in [9.17, 15) is 9.59 Å². The number of hydrogen-bond donors (Lipinski definition) is 2. The molecule has 5 nitrogen and oxygen atoms in total. The van der Waals surface area contributed by atoms with Crippen LogP contribution in [0.25, 0.3) is 5.70 Å². The van der Waals surface area contributed by atoms with E-state index >= 15 is 0 Å². The lowest BCUT2D eigenvalue weighted by Gasteiger charge is -2.29. The maximum atomic E-state index is 12.1. The molecule has 6 heteroatoms. The minimum atomic E-state index is -0.0589. The average Bonchev–Trinajstić information content (AvgIpc) is 3.19. The predicted molar refractivity (Wildman–Crippen MR) is 104 cm³/mol. The minimum Gasteiger partial charge on any atom is -0.351 e. The molecule has 0 atom stereocenters. The van der Waals surface area contributed by atoms with E-state index in [1.807, 2.05) is 23.6 Å². The van der Waals surface area contributed by atoms with Gasteiger partial charge in [-0.25, -0.2) is 0 Å². The number of hydrazine groups is 1. The Kier molecular flexibility index (Phi) is 6.07. The Morgan fingerprint density at radius 3 is 2.77 bits per heavy atom. The molecule has 1 aliphatic heterocycles. The van der Waals surface area contributed by atoms with Crippen LogP contribution < -0.4 is 10.7 Å². The van der Waals surface area contributed by atoms with Gasteiger partial charge in [0, 0.05) is 17.7 Å². The summed E-state index contributed by atoms with van der Waals surface area (Å²) in [4.78, 5) is 25.3. The average molecular weight is 369 g/mol. The van der Waals surface area contributed by atoms with Gasteiger partial charge in [0.15, 0.2) is 0 Å². The molecule has 1 aromatic heterocycles. The van der Waals surface area contributed by atoms with Crippen molar-refractivity contribution in [2.75, 3.05) is 6.54 Å². The highest BCUT2D eigenvalue weighted by atomic mass is 32.1. The van der Waals surface area contributed by atoms with Crippen LogP contribution in [0.15, 0.2) is 47.9 Å². The highest BCUT2D eigenvalue weighted by Crippen LogP contribution is 2.18. The van der Waals surface area contributed by atoms with Crippen molar-refractivity contribution < 1.29 is 9.59 Å². The number of amides is 2. The molecule has 0 radical (unpaired) electrons. The first-order chi connectivity index (χ1) is 12.7. The summed E-state index contributed by atoms with van der Waals surface area (Å²) in [6.07, 6.45) is 3.51. The second kappa shape index (κ2) is 8.67. The van der Waals surface area contributed by atoms with Gasteiger partial charge in [0.2, 0.25) is 11.8 Å². The van der Waals surface area contributed by atoms with Crippen LogP contribution in [-0.4, -0.2) is 23.4 Å². The molecule has 1 aromatic carbocycles. The second-order valence-electron chi connectivity index (χ2n) is 6.14. The highest BCUT2D eigenvalue weighted by molar-refractivity contribution is 7.09. The predicted octanol–water partition coefficient (Wildman–Crippen LogP) is 3.09. The summed E-state index contributed by atoms with van der Waals surface area (Å²) >= 11 is 1.61. The monoisotopic (exact) mass is 369 g/mol. The molecule has 0 saturated carbocycles. The van der Waals surface area contributed by atoms with E-state index in [4.69, 9.17) is 0 Å². The summed E-state index contributed by atoms with van der Waals surface area (Å²) in [5.74, 6) is -0.0820. The van der Waals surface area contributed by atoms with Crippen LogP contribution >= 0.6 is 11.3 Å². The first kappa shape index (κ1) is 18.2. The lowest BCUT2D eigenvalue weighted by atomic mass is 10.1. The fraction of sp³-hybridized carbons (Fsp3) is 0.300. The van der Waals surface area contributed by atoms with Crippen LogP contribution in [0.2, 0.25) is 0 Å². The molecular formula is C20H23N3O2S. The summed E-state index contributed by atoms with van der Waals surface area (Å²) in [7, 11) is 0. The molecule has 136 valence electrons. The van der Waals surface area contributed by atoms with Gasteiger partial charge in [-0.2, -0.15) is 0 Å². The van der Waals surface area contributed by atoms with Crippen LogP contribution in [0.5, 0.6) is 0 Å². The Labute approximate surface area is 157 Å². The number of benzene rings is 1. The number of nitrogens with one attached hydrogen (secondary N) is 2. The highest BCUT2D eigenvalue weighted by Gasteiger charge is 2.20. The summed E-state index contributed by atoms with van der Waals surface area (Å²) in [6, 6.07) is 12.2. The van der Waals surface area contributed by atoms with Crippen LogP contribution in [0, 0.1) is 0 Å². The van der Waals surface area contributed by atoms with Gasteiger partial charge in [0.05, 0.1) is 18.8 Å². The lowest BCUT2D eigenvalue weighted by Crippen LogP contribution is -2.45. The molecule has 2 N–H and O–H groups in total. The Bertz CT molecular complexity index is 782. The van der Waals surface area contributed by atoms with Gasteiger partial charge in [0.1, 0.15) is 0 Å². The van der Waals surface area contributed by atoms with E-state index in [0.29, 0.717) is 19.5 Å². The molecule has 0 saturated heterocycles. The van der Waals surface area contributed by atoms with Crippen LogP contribution in [0.4, 0.5) is 0 Å². The van der Waals surface area contributed by atoms with Crippen molar-refractivity contribution in [3.05, 3.63) is 63.9 Å². The van der Waals surface area contributed by atoms with E-state index in [-0.39, 0.29) is 18.2 Å². The largest absolute Gasteiger partial charge is 0.351 e. The van der Waals surface area contributed by atoms with Gasteiger partial charge < -0.3 is 5.32 Å². The van der Waals surface area contributed by atoms with Crippen LogP contribution in [0.3, 0.4) is 0 Å². The van der Waals surface area contributed by atoms with Gasteiger partial charge >= 0.3 is 0 Å². The van der Waals surface area contributed by atoms with E-state index in [0.717, 1.165) is 22.6 Å². The molecule has 0 bridgehead atoms. The van der Waals surface area contributed by atoms with Gasteiger partial charge in [-0.3, -0.25) is 20.0 Å². The topological polar surface area (TPSA) is 61.4 Å². The van der Waals surface area contributed by atoms with Crippen molar-refractivity contribution in [3.63, 3.8) is 0 Å². The maximum Gasteiger partial charge on any atom is 0.244 e. The van der Waals surface area contributed by atoms with Crippen molar-refractivity contribution in [1.29, 1.82) is 0 Å². The van der Waals surface area contributed by atoms with Gasteiger partial charge in [-0.15, -0.1) is 11.3 Å². The molecule has 0 aliphatic carbocycles. The molecule has 2 aromatic rings. The molecule has 26 heavy (non-hydrogen) atoms. The molecule has 0 spiro atoms. The zero-order valence-corrected chi connectivity index (χ0v) is 15.6. The lowest BCUT2D eigenvalue weighted by molar-refractivity contribution is -0.133. The Hall–Kier alpha value is -2.60. The summed E-state index contributed by atoms with van der Waals surface area (Å²) < 4.78 is 0. The molecule has 0 unspecified atom stereocenters. The number of carbonyl (C=O) groups is 2. The Morgan fingerprint density at radius 1 is 1.27 bits per heavy atom. The normalized spacial score (nSPS) is 14.0. The Balaban J connectivity index is 1.52. The van der Waals surface area contributed by atoms with Gasteiger partial charge in [-0.1, -0.05) is 37.3 Å². The maximum absolute atomic E-state index is 12.1. The number of nitrogens with zero attached hydrogens (tertiary/aromatic N) is 1. The minimum absolute atomic E-state index is 0.0232. The van der Waals surface area contributed by atoms with E-state index in [1.165, 1.54) is 10.6 Å². The summed E-state index contributed by atoms with van der Waals surface area (Å²) in [5.41, 5.74) is 6.38. The molecule has 1 aliphatic rings. The number of rotatable bonds is 7. The van der Waals surface area contributed by atoms with Gasteiger partial charge in [-0.05, 0) is 35.1 Å². The summed E-state index contributed by atoms with van der Waals surface area (Å²) in [5, 5.41) is 6.41. The van der Waals surface area contributed by atoms with Crippen molar-refractivity contribution >= 4 is 28.8 Å². The number of carbonyl (C=O) groups excluding carboxylic acids is 2. The number of thiophene rings is 1. The SMILES string of the molecule is CCc1ccc(C2=CCC(=O)N(CCC(=O)NCc3cccs3)N2)cc1. The summed E-state index contributed by atoms with van der Waals surface area (Å²) in [6.45, 7) is 3.00. The van der Waals surface area contributed by atoms with E-state index in [2.05, 4.69) is 41.9 Å². The van der Waals surface area contributed by atoms with E-state index in [1.54, 1.807) is 11.3 Å². The molecule has 0 fully saturated rings. The fourth-order valence-electron chi connectivity index (χ4n) is 2.74. The first-order valence-electron chi connectivity index (χ1n) is 8.81. The zero-order valence-electron chi connectivity index (χ0n) is 14.8. The van der Waals surface area contributed by atoms with Crippen molar-refractivity contribution in [3.8, 4) is 0 Å². The first-order valence-corrected chi connectivity index (χ1v) is 9.69. The Morgan fingerprint density at radius 2 is 2.08 bits per heavy atom. The van der Waals surface area contributed by atoms with Crippen molar-refractivity contribution in [2.45, 2.75) is 32.7 Å². The number of hydrogen-bond acceptors (Lipinski definition) is 4. The molecule has 2 heterocycles. The standard InChI is InChI=1S/C20H23N3O2S/c1-2-15-5-7-16(8-6-15)18-9-10-20(25)23(22-18)12-11-19(24)21-14-17-4-3-13-26-17/h3-9,13,22H,2,10-12,14H2,1H3,(H,21,24). The number of aryl methyl sites for hydroxylation is 1. The molecule has 3 rings (SSSR count). The zero-order chi connectivity index (χ0) is 18.4. The second-order valence-corrected chi connectivity index (χ2v) is 7.17. The molecule has 2 amide bonds. The van der Waals surface area contributed by atoms with Crippen LogP contribution in [0.1, 0.15) is 35.8 Å². The third-order valence-corrected chi connectivity index (χ3v) is 5.19. The van der Waals surface area contributed by atoms with Crippen molar-refractivity contribution in [2.24, 2.45) is 0 Å². The smallest absolute Gasteiger partial charge is 0.244 e. The van der Waals surface area contributed by atoms with Crippen molar-refractivity contribution in [1.82, 2.24) is 15.8 Å². The van der Waals surface area contributed by atoms with E-state index < -0.39 is 0 Å². The van der Waals surface area contributed by atoms with Gasteiger partial charge in [0.25, 0.3) is 0 Å². The quantitative estimate of drug-likeness (QED) is 0.788. The van der Waals surface area contributed by atoms with Crippen LogP contribution in [-0.2, 0) is 22.6 Å². The fourth-order valence-corrected chi connectivity index (χ4v) is 3.38. The third-order valence-electron chi connectivity index (χ3n) is 4.31.